The number of nitrogens with zero attached hydrogens (tertiary/aromatic N) is 4. The first-order valence-corrected chi connectivity index (χ1v) is 9.72. The highest BCUT2D eigenvalue weighted by Gasteiger charge is 2.54. The molecule has 1 fully saturated rings. The number of nitro groups is 1. The van der Waals surface area contributed by atoms with E-state index in [0.29, 0.717) is 18.0 Å². The molecule has 0 aromatic carbocycles. The zero-order valence-corrected chi connectivity index (χ0v) is 16.4. The average Bonchev–Trinajstić information content (AvgIpc) is 3.06. The summed E-state index contributed by atoms with van der Waals surface area (Å²) in [6.45, 7) is 4.22. The van der Waals surface area contributed by atoms with Gasteiger partial charge in [0.25, 0.3) is 17.7 Å². The van der Waals surface area contributed by atoms with Crippen LogP contribution in [0.15, 0.2) is 17.5 Å². The van der Waals surface area contributed by atoms with Gasteiger partial charge in [0.15, 0.2) is 0 Å². The van der Waals surface area contributed by atoms with Crippen LogP contribution in [-0.2, 0) is 16.6 Å². The lowest BCUT2D eigenvalue weighted by atomic mass is 10.0. The Hall–Kier alpha value is -2.89. The van der Waals surface area contributed by atoms with E-state index in [2.05, 4.69) is 15.7 Å². The molecule has 0 aliphatic carbocycles. The number of carbonyl (C=O) groups excluding carboxylic acids is 3. The molecule has 2 N–H and O–H groups in total. The lowest BCUT2D eigenvalue weighted by molar-refractivity contribution is -0.385. The molecule has 28 heavy (non-hydrogen) atoms. The third-order valence-corrected chi connectivity index (χ3v) is 5.84. The lowest BCUT2D eigenvalue weighted by Crippen LogP contribution is -2.71. The molecule has 1 aromatic rings. The van der Waals surface area contributed by atoms with Gasteiger partial charge in [0.2, 0.25) is 5.69 Å². The van der Waals surface area contributed by atoms with Crippen LogP contribution < -0.4 is 10.6 Å². The largest absolute Gasteiger partial charge is 0.351 e. The topological polar surface area (TPSA) is 139 Å². The smallest absolute Gasteiger partial charge is 0.320 e. The Morgan fingerprint density at radius 1 is 1.43 bits per heavy atom. The number of aromatic nitrogens is 2. The summed E-state index contributed by atoms with van der Waals surface area (Å²) >= 11 is 1.42. The molecule has 150 valence electrons. The molecule has 2 aliphatic rings. The van der Waals surface area contributed by atoms with Crippen LogP contribution >= 0.6 is 11.8 Å². The van der Waals surface area contributed by atoms with Crippen LogP contribution in [0.25, 0.3) is 0 Å². The zero-order valence-electron chi connectivity index (χ0n) is 15.6. The summed E-state index contributed by atoms with van der Waals surface area (Å²) < 4.78 is 1.17. The maximum Gasteiger partial charge on any atom is 0.320 e. The van der Waals surface area contributed by atoms with Crippen LogP contribution in [0, 0.1) is 10.1 Å². The third-order valence-electron chi connectivity index (χ3n) is 4.42. The predicted octanol–water partition coefficient (Wildman–Crippen LogP) is 0.142. The van der Waals surface area contributed by atoms with Crippen LogP contribution in [0.3, 0.4) is 0 Å². The number of fused-ring (bicyclic) bond motifs is 1. The molecule has 12 heteroatoms. The van der Waals surface area contributed by atoms with Gasteiger partial charge in [-0.05, 0) is 18.9 Å². The van der Waals surface area contributed by atoms with Crippen molar-refractivity contribution in [3.8, 4) is 0 Å². The van der Waals surface area contributed by atoms with Crippen molar-refractivity contribution in [2.75, 3.05) is 12.3 Å². The quantitative estimate of drug-likeness (QED) is 0.388. The first kappa shape index (κ1) is 19.9. The normalized spacial score (nSPS) is 21.1. The number of hydrogen-bond donors (Lipinski definition) is 2. The highest BCUT2D eigenvalue weighted by Crippen LogP contribution is 2.40. The van der Waals surface area contributed by atoms with Gasteiger partial charge in [-0.3, -0.25) is 34.1 Å². The Bertz CT molecular complexity index is 894. The highest BCUT2D eigenvalue weighted by molar-refractivity contribution is 8.00. The van der Waals surface area contributed by atoms with E-state index < -0.39 is 33.8 Å². The van der Waals surface area contributed by atoms with Gasteiger partial charge in [0.05, 0.1) is 4.92 Å². The molecule has 0 bridgehead atoms. The Morgan fingerprint density at radius 2 is 2.14 bits per heavy atom. The summed E-state index contributed by atoms with van der Waals surface area (Å²) in [5, 5.41) is 19.8. The van der Waals surface area contributed by atoms with Gasteiger partial charge in [0.1, 0.15) is 23.3 Å². The molecule has 0 radical (unpaired) electrons. The monoisotopic (exact) mass is 408 g/mol. The van der Waals surface area contributed by atoms with Crippen molar-refractivity contribution in [2.24, 2.45) is 7.05 Å². The number of hydrogen-bond acceptors (Lipinski definition) is 7. The molecule has 1 saturated heterocycles. The number of thioether (sulfide) groups is 1. The fraction of sp³-hybridized carbons (Fsp3) is 0.500. The molecule has 3 amide bonds. The average molecular weight is 408 g/mol. The van der Waals surface area contributed by atoms with E-state index in [4.69, 9.17) is 0 Å². The molecule has 3 rings (SSSR count). The Morgan fingerprint density at radius 3 is 2.79 bits per heavy atom. The van der Waals surface area contributed by atoms with Crippen LogP contribution in [-0.4, -0.2) is 61.0 Å². The fourth-order valence-electron chi connectivity index (χ4n) is 3.10. The van der Waals surface area contributed by atoms with E-state index in [1.165, 1.54) is 28.4 Å². The Balaban J connectivity index is 1.76. The van der Waals surface area contributed by atoms with Crippen molar-refractivity contribution in [2.45, 2.75) is 31.7 Å². The van der Waals surface area contributed by atoms with E-state index in [9.17, 15) is 24.5 Å². The SMILES string of the molecule is CCCNC(=O)C1=C(C)CS[C@H]2[C@H](NC(=O)c3nn(C)cc3[N+](=O)[O-])C(=O)N12. The maximum atomic E-state index is 12.6. The lowest BCUT2D eigenvalue weighted by Gasteiger charge is -2.49. The van der Waals surface area contributed by atoms with Crippen LogP contribution in [0.1, 0.15) is 30.8 Å². The van der Waals surface area contributed by atoms with E-state index in [1.807, 2.05) is 6.92 Å². The van der Waals surface area contributed by atoms with Gasteiger partial charge in [-0.2, -0.15) is 5.10 Å². The van der Waals surface area contributed by atoms with Gasteiger partial charge in [-0.1, -0.05) is 6.92 Å². The van der Waals surface area contributed by atoms with Crippen molar-refractivity contribution in [1.29, 1.82) is 0 Å². The third kappa shape index (κ3) is 3.35. The summed E-state index contributed by atoms with van der Waals surface area (Å²) in [5.41, 5.74) is 0.312. The minimum absolute atomic E-state index is 0.316. The molecule has 0 spiro atoms. The minimum Gasteiger partial charge on any atom is -0.351 e. The van der Waals surface area contributed by atoms with Gasteiger partial charge in [-0.15, -0.1) is 11.8 Å². The van der Waals surface area contributed by atoms with E-state index in [-0.39, 0.29) is 11.6 Å². The maximum absolute atomic E-state index is 12.6. The molecule has 3 heterocycles. The summed E-state index contributed by atoms with van der Waals surface area (Å²) in [4.78, 5) is 49.3. The number of aryl methyl sites for hydroxylation is 1. The van der Waals surface area contributed by atoms with Crippen LogP contribution in [0.4, 0.5) is 5.69 Å². The molecule has 1 aromatic heterocycles. The first-order valence-electron chi connectivity index (χ1n) is 8.67. The van der Waals surface area contributed by atoms with E-state index >= 15 is 0 Å². The molecular formula is C16H20N6O5S. The summed E-state index contributed by atoms with van der Waals surface area (Å²) in [6.07, 6.45) is 1.90. The zero-order chi connectivity index (χ0) is 20.6. The number of rotatable bonds is 6. The van der Waals surface area contributed by atoms with Gasteiger partial charge in [0, 0.05) is 19.3 Å². The first-order chi connectivity index (χ1) is 13.3. The molecule has 0 saturated carbocycles. The number of nitrogens with one attached hydrogen (secondary N) is 2. The number of amides is 3. The van der Waals surface area contributed by atoms with Gasteiger partial charge < -0.3 is 10.6 Å². The molecule has 2 aliphatic heterocycles. The summed E-state index contributed by atoms with van der Waals surface area (Å²) in [5.74, 6) is -0.998. The van der Waals surface area contributed by atoms with Crippen LogP contribution in [0.2, 0.25) is 0 Å². The second kappa shape index (κ2) is 7.62. The van der Waals surface area contributed by atoms with Crippen molar-refractivity contribution in [3.63, 3.8) is 0 Å². The standard InChI is InChI=1S/C16H20N6O5S/c1-4-5-17-14(24)12-8(2)7-28-16-11(15(25)21(12)16)18-13(23)10-9(22(26)27)6-20(3)19-10/h6,11,16H,4-5,7H2,1-3H3,(H,17,24)(H,18,23)/t11-,16+/m1/s1. The van der Waals surface area contributed by atoms with E-state index in [1.54, 1.807) is 6.92 Å². The van der Waals surface area contributed by atoms with Crippen molar-refractivity contribution in [1.82, 2.24) is 25.3 Å². The predicted molar refractivity (Wildman–Crippen MR) is 100 cm³/mol. The summed E-state index contributed by atoms with van der Waals surface area (Å²) in [6, 6.07) is -0.874. The van der Waals surface area contributed by atoms with Crippen LogP contribution in [0.5, 0.6) is 0 Å². The fourth-order valence-corrected chi connectivity index (χ4v) is 4.39. The van der Waals surface area contributed by atoms with Crippen molar-refractivity contribution < 1.29 is 19.3 Å². The van der Waals surface area contributed by atoms with Crippen molar-refractivity contribution >= 4 is 35.2 Å². The second-order valence-electron chi connectivity index (χ2n) is 6.54. The van der Waals surface area contributed by atoms with E-state index in [0.717, 1.165) is 18.2 Å². The number of carbonyl (C=O) groups is 3. The molecule has 0 unspecified atom stereocenters. The Labute approximate surface area is 164 Å². The van der Waals surface area contributed by atoms with Gasteiger partial charge in [-0.25, -0.2) is 0 Å². The summed E-state index contributed by atoms with van der Waals surface area (Å²) in [7, 11) is 1.46. The van der Waals surface area contributed by atoms with Gasteiger partial charge >= 0.3 is 5.69 Å². The minimum atomic E-state index is -0.874. The molecular weight excluding hydrogens is 388 g/mol. The second-order valence-corrected chi connectivity index (χ2v) is 7.64. The molecule has 2 atom stereocenters. The Kier molecular flexibility index (Phi) is 5.40. The highest BCUT2D eigenvalue weighted by atomic mass is 32.2. The number of β-lactam (4-membered cyclic amide) rings is 1. The van der Waals surface area contributed by atoms with Crippen molar-refractivity contribution in [3.05, 3.63) is 33.3 Å². The molecule has 11 nitrogen and oxygen atoms in total.